The van der Waals surface area contributed by atoms with Crippen molar-refractivity contribution in [1.29, 1.82) is 0 Å². The molecule has 2 aliphatic rings. The summed E-state index contributed by atoms with van der Waals surface area (Å²) in [4.78, 5) is 102. The lowest BCUT2D eigenvalue weighted by atomic mass is 9.85. The lowest BCUT2D eigenvalue weighted by Crippen LogP contribution is -2.57. The van der Waals surface area contributed by atoms with Crippen LogP contribution >= 0.6 is 22.7 Å². The van der Waals surface area contributed by atoms with Crippen LogP contribution in [0.15, 0.2) is 146 Å². The highest BCUT2D eigenvalue weighted by Gasteiger charge is 2.47. The number of carbonyl (C=O) groups excluding carboxylic acids is 6. The van der Waals surface area contributed by atoms with Crippen LogP contribution in [0.4, 0.5) is 0 Å². The number of nitrogens with one attached hydrogen (secondary N) is 6. The summed E-state index contributed by atoms with van der Waals surface area (Å²) in [5, 5.41) is 19.8. The second-order valence-electron chi connectivity index (χ2n) is 24.0. The monoisotopic (exact) mass is 1170 g/mol. The summed E-state index contributed by atoms with van der Waals surface area (Å²) in [6.07, 6.45) is 0.710. The number of amides is 6. The second kappa shape index (κ2) is 25.9. The molecule has 2 saturated heterocycles. The maximum atomic E-state index is 15.1. The van der Waals surface area contributed by atoms with E-state index in [1.165, 1.54) is 22.7 Å². The minimum absolute atomic E-state index is 0.155. The van der Waals surface area contributed by atoms with Crippen LogP contribution in [0.3, 0.4) is 0 Å². The van der Waals surface area contributed by atoms with Gasteiger partial charge < -0.3 is 41.7 Å². The van der Waals surface area contributed by atoms with E-state index < -0.39 is 59.2 Å². The molecule has 0 aliphatic carbocycles. The fourth-order valence-corrected chi connectivity index (χ4v) is 13.1. The van der Waals surface area contributed by atoms with Gasteiger partial charge in [-0.3, -0.25) is 28.8 Å². The summed E-state index contributed by atoms with van der Waals surface area (Å²) >= 11 is 3.03. The molecule has 84 heavy (non-hydrogen) atoms. The maximum Gasteiger partial charge on any atom is 0.251 e. The number of rotatable bonds is 18. The summed E-state index contributed by atoms with van der Waals surface area (Å²) < 4.78 is 0. The van der Waals surface area contributed by atoms with Crippen molar-refractivity contribution in [3.8, 4) is 43.4 Å². The van der Waals surface area contributed by atoms with Crippen LogP contribution in [0.5, 0.6) is 0 Å². The molecule has 0 radical (unpaired) electrons. The molecule has 0 saturated carbocycles. The normalized spacial score (nSPS) is 18.5. The van der Waals surface area contributed by atoms with Gasteiger partial charge in [0.1, 0.15) is 22.1 Å². The Morgan fingerprint density at radius 2 is 0.786 bits per heavy atom. The van der Waals surface area contributed by atoms with Crippen molar-refractivity contribution >= 4 is 58.1 Å². The second-order valence-corrected chi connectivity index (χ2v) is 26.0. The molecule has 5 aromatic carbocycles. The van der Waals surface area contributed by atoms with Crippen LogP contribution < -0.4 is 31.9 Å². The lowest BCUT2D eigenvalue weighted by molar-refractivity contribution is -0.140. The summed E-state index contributed by atoms with van der Waals surface area (Å²) in [6, 6.07) is 41.3. The molecule has 7 aromatic rings. The van der Waals surface area contributed by atoms with Crippen molar-refractivity contribution in [3.05, 3.63) is 167 Å². The number of benzene rings is 5. The third kappa shape index (κ3) is 13.7. The number of likely N-dealkylation sites (N-methyl/N-ethyl adjacent to an activating group) is 2. The summed E-state index contributed by atoms with van der Waals surface area (Å²) in [5.41, 5.74) is 4.68. The lowest BCUT2D eigenvalue weighted by Gasteiger charge is -2.36. The fraction of sp³-hybridized carbons (Fsp3) is 0.364. The number of carbonyl (C=O) groups is 6. The van der Waals surface area contributed by atoms with Crippen LogP contribution in [0.25, 0.3) is 43.4 Å². The van der Waals surface area contributed by atoms with Gasteiger partial charge in [-0.1, -0.05) is 163 Å². The quantitative estimate of drug-likeness (QED) is 0.0480. The zero-order chi connectivity index (χ0) is 60.0. The van der Waals surface area contributed by atoms with Gasteiger partial charge in [0.05, 0.1) is 45.3 Å². The standard InChI is InChI=1S/C66H76N10O6S2/c1-39(67-9)57(77)73-55(65(3,4)5)63(81)75-37-47(35-49(75)61-71-51(41-23-15-11-16-24-41)53(83-61)43-27-19-13-20-28-43)69-59(79)45-31-33-46(34-32-45)60(80)70-48-36-50(76(38-48)64(82)56(66(6,7)8)74-58(78)40(2)68-10)62-72-52(42-25-17-12-18-26-42)54(84-62)44-29-21-14-22-30-44/h11-34,39-40,47-50,55-56,67-68H,35-38H2,1-10H3,(H,69,79)(H,70,80)(H,73,77)(H,74,78)/t39-,40-,47-,48?,49-,50-,55+,56+/m0/s1. The van der Waals surface area contributed by atoms with Crippen molar-refractivity contribution < 1.29 is 28.8 Å². The number of hydrogen-bond acceptors (Lipinski definition) is 12. The highest BCUT2D eigenvalue weighted by molar-refractivity contribution is 7.16. The SMILES string of the molecule is CN[C@@H](C)C(=O)N[C@H](C(=O)N1CC(NC(=O)c2ccc(C(=O)N[C@H]3C[C@@H](c4nc(-c5ccccc5)c(-c5ccccc5)s4)N(C(=O)[C@@H](NC(=O)[C@H](C)NC)C(C)(C)C)C3)cc2)C[C@H]1c1nc(-c2ccccc2)c(-c2ccccc2)s1)C(C)(C)C. The van der Waals surface area contributed by atoms with Crippen molar-refractivity contribution in [2.24, 2.45) is 10.8 Å². The van der Waals surface area contributed by atoms with Crippen molar-refractivity contribution in [2.45, 2.75) is 117 Å². The van der Waals surface area contributed by atoms with E-state index in [1.807, 2.05) is 163 Å². The first-order valence-corrected chi connectivity index (χ1v) is 30.3. The van der Waals surface area contributed by atoms with Gasteiger partial charge in [-0.25, -0.2) is 9.97 Å². The molecule has 16 nitrogen and oxygen atoms in total. The Hall–Kier alpha value is -7.90. The highest BCUT2D eigenvalue weighted by atomic mass is 32.1. The summed E-state index contributed by atoms with van der Waals surface area (Å²) in [5.74, 6) is -1.95. The topological polar surface area (TPSA) is 207 Å². The van der Waals surface area contributed by atoms with Gasteiger partial charge >= 0.3 is 0 Å². The summed E-state index contributed by atoms with van der Waals surface area (Å²) in [7, 11) is 3.39. The van der Waals surface area contributed by atoms with Crippen LogP contribution in [0.2, 0.25) is 0 Å². The van der Waals surface area contributed by atoms with E-state index in [0.29, 0.717) is 34.0 Å². The Morgan fingerprint density at radius 3 is 1.08 bits per heavy atom. The van der Waals surface area contributed by atoms with Crippen LogP contribution in [0, 0.1) is 10.8 Å². The third-order valence-corrected chi connectivity index (χ3v) is 18.1. The first-order valence-electron chi connectivity index (χ1n) is 28.6. The molecular weight excluding hydrogens is 1090 g/mol. The Balaban J connectivity index is 0.965. The number of nitrogens with zero attached hydrogens (tertiary/aromatic N) is 4. The molecule has 18 heteroatoms. The predicted molar refractivity (Wildman–Crippen MR) is 333 cm³/mol. The minimum atomic E-state index is -0.898. The molecule has 6 N–H and O–H groups in total. The zero-order valence-electron chi connectivity index (χ0n) is 49.4. The smallest absolute Gasteiger partial charge is 0.251 e. The van der Waals surface area contributed by atoms with E-state index in [4.69, 9.17) is 9.97 Å². The van der Waals surface area contributed by atoms with E-state index in [9.17, 15) is 19.2 Å². The number of aromatic nitrogens is 2. The van der Waals surface area contributed by atoms with Crippen molar-refractivity contribution in [1.82, 2.24) is 51.7 Å². The Kier molecular flexibility index (Phi) is 18.7. The molecule has 2 aliphatic heterocycles. The van der Waals surface area contributed by atoms with Gasteiger partial charge in [-0.15, -0.1) is 22.7 Å². The molecule has 2 aromatic heterocycles. The van der Waals surface area contributed by atoms with Crippen LogP contribution in [0.1, 0.15) is 111 Å². The maximum absolute atomic E-state index is 15.1. The molecule has 4 heterocycles. The molecule has 0 bridgehead atoms. The van der Waals surface area contributed by atoms with Gasteiger partial charge in [0.15, 0.2) is 0 Å². The average molecular weight is 1170 g/mol. The first-order chi connectivity index (χ1) is 40.1. The van der Waals surface area contributed by atoms with E-state index in [2.05, 4.69) is 31.9 Å². The largest absolute Gasteiger partial charge is 0.347 e. The Labute approximate surface area is 500 Å². The fourth-order valence-electron chi connectivity index (χ4n) is 10.7. The van der Waals surface area contributed by atoms with Gasteiger partial charge in [-0.2, -0.15) is 0 Å². The third-order valence-electron chi connectivity index (χ3n) is 15.7. The number of likely N-dealkylation sites (tertiary alicyclic amines) is 2. The first kappa shape index (κ1) is 60.7. The number of thiazole rings is 2. The predicted octanol–water partition coefficient (Wildman–Crippen LogP) is 9.69. The van der Waals surface area contributed by atoms with Gasteiger partial charge in [0.25, 0.3) is 11.8 Å². The van der Waals surface area contributed by atoms with E-state index in [-0.39, 0.29) is 48.5 Å². The Bertz CT molecular complexity index is 3110. The molecule has 2 fully saturated rings. The zero-order valence-corrected chi connectivity index (χ0v) is 51.0. The molecular formula is C66H76N10O6S2. The van der Waals surface area contributed by atoms with E-state index in [1.54, 1.807) is 62.0 Å². The van der Waals surface area contributed by atoms with E-state index in [0.717, 1.165) is 43.4 Å². The molecule has 6 amide bonds. The minimum Gasteiger partial charge on any atom is -0.347 e. The van der Waals surface area contributed by atoms with Crippen molar-refractivity contribution in [3.63, 3.8) is 0 Å². The number of hydrogen-bond donors (Lipinski definition) is 6. The highest BCUT2D eigenvalue weighted by Crippen LogP contribution is 2.46. The van der Waals surface area contributed by atoms with Gasteiger partial charge in [-0.05, 0) is 87.0 Å². The van der Waals surface area contributed by atoms with Gasteiger partial charge in [0.2, 0.25) is 23.6 Å². The molecule has 1 unspecified atom stereocenters. The van der Waals surface area contributed by atoms with Gasteiger partial charge in [0, 0.05) is 47.4 Å². The molecule has 0 spiro atoms. The van der Waals surface area contributed by atoms with E-state index >= 15 is 9.59 Å². The van der Waals surface area contributed by atoms with Crippen molar-refractivity contribution in [2.75, 3.05) is 27.2 Å². The van der Waals surface area contributed by atoms with Crippen LogP contribution in [-0.4, -0.2) is 119 Å². The molecule has 438 valence electrons. The molecule has 9 rings (SSSR count). The molecule has 8 atom stereocenters. The average Bonchev–Trinajstić information content (AvgIpc) is 3.35. The van der Waals surface area contributed by atoms with Crippen LogP contribution in [-0.2, 0) is 19.2 Å². The summed E-state index contributed by atoms with van der Waals surface area (Å²) in [6.45, 7) is 15.3. The Morgan fingerprint density at radius 1 is 0.476 bits per heavy atom.